The van der Waals surface area contributed by atoms with E-state index in [1.54, 1.807) is 10.7 Å². The van der Waals surface area contributed by atoms with Gasteiger partial charge in [-0.3, -0.25) is 14.4 Å². The standard InChI is InChI=1S/C21H24Cl2N6O/c1-15-12-16(2)29(24-15)14-28-7-6-20(25-28)21(30)27-10-8-26(9-11-27)13-17-18(22)4-3-5-19(17)23/h3-7,12H,8-11,13-14H2,1-2H3. The Morgan fingerprint density at radius 2 is 1.73 bits per heavy atom. The van der Waals surface area contributed by atoms with Gasteiger partial charge in [-0.15, -0.1) is 0 Å². The summed E-state index contributed by atoms with van der Waals surface area (Å²) in [5.41, 5.74) is 3.42. The summed E-state index contributed by atoms with van der Waals surface area (Å²) >= 11 is 12.6. The molecule has 0 spiro atoms. The number of amides is 1. The number of rotatable bonds is 5. The number of benzene rings is 1. The molecule has 0 saturated carbocycles. The van der Waals surface area contributed by atoms with Gasteiger partial charge in [-0.05, 0) is 38.1 Å². The van der Waals surface area contributed by atoms with Gasteiger partial charge in [0.1, 0.15) is 12.4 Å². The molecule has 3 aromatic rings. The molecule has 0 N–H and O–H groups in total. The molecule has 1 fully saturated rings. The molecular weight excluding hydrogens is 423 g/mol. The molecule has 0 unspecified atom stereocenters. The van der Waals surface area contributed by atoms with Crippen molar-refractivity contribution < 1.29 is 4.79 Å². The summed E-state index contributed by atoms with van der Waals surface area (Å²) in [6.45, 7) is 7.94. The topological polar surface area (TPSA) is 59.2 Å². The molecule has 0 bridgehead atoms. The Morgan fingerprint density at radius 3 is 2.37 bits per heavy atom. The van der Waals surface area contributed by atoms with Gasteiger partial charge in [0.2, 0.25) is 0 Å². The van der Waals surface area contributed by atoms with Gasteiger partial charge in [0.05, 0.1) is 5.69 Å². The molecule has 1 aromatic carbocycles. The van der Waals surface area contributed by atoms with E-state index in [0.717, 1.165) is 30.0 Å². The number of hydrogen-bond donors (Lipinski definition) is 0. The van der Waals surface area contributed by atoms with E-state index < -0.39 is 0 Å². The van der Waals surface area contributed by atoms with Crippen LogP contribution in [0.4, 0.5) is 0 Å². The molecule has 0 aliphatic carbocycles. The van der Waals surface area contributed by atoms with Crippen molar-refractivity contribution in [3.63, 3.8) is 0 Å². The highest BCUT2D eigenvalue weighted by Crippen LogP contribution is 2.26. The zero-order valence-corrected chi connectivity index (χ0v) is 18.6. The first-order chi connectivity index (χ1) is 14.4. The average molecular weight is 447 g/mol. The molecule has 30 heavy (non-hydrogen) atoms. The molecule has 3 heterocycles. The Bertz CT molecular complexity index is 1030. The molecule has 158 valence electrons. The van der Waals surface area contributed by atoms with E-state index in [9.17, 15) is 4.79 Å². The highest BCUT2D eigenvalue weighted by molar-refractivity contribution is 6.35. The lowest BCUT2D eigenvalue weighted by atomic mass is 10.2. The number of carbonyl (C=O) groups is 1. The normalized spacial score (nSPS) is 15.0. The van der Waals surface area contributed by atoms with Gasteiger partial charge >= 0.3 is 0 Å². The third-order valence-electron chi connectivity index (χ3n) is 5.34. The molecule has 1 aliphatic rings. The fraction of sp³-hybridized carbons (Fsp3) is 0.381. The van der Waals surface area contributed by atoms with Crippen molar-refractivity contribution in [1.29, 1.82) is 0 Å². The van der Waals surface area contributed by atoms with E-state index in [2.05, 4.69) is 15.1 Å². The second kappa shape index (κ2) is 8.79. The number of hydrogen-bond acceptors (Lipinski definition) is 4. The van der Waals surface area contributed by atoms with Crippen LogP contribution in [0.1, 0.15) is 27.4 Å². The summed E-state index contributed by atoms with van der Waals surface area (Å²) in [4.78, 5) is 17.0. The minimum Gasteiger partial charge on any atom is -0.335 e. The Kier molecular flexibility index (Phi) is 6.13. The zero-order chi connectivity index (χ0) is 21.3. The van der Waals surface area contributed by atoms with Crippen LogP contribution in [-0.2, 0) is 13.2 Å². The van der Waals surface area contributed by atoms with E-state index >= 15 is 0 Å². The number of piperazine rings is 1. The van der Waals surface area contributed by atoms with Gasteiger partial charge in [0, 0.05) is 60.2 Å². The first-order valence-corrected chi connectivity index (χ1v) is 10.7. The van der Waals surface area contributed by atoms with Crippen molar-refractivity contribution in [3.8, 4) is 0 Å². The number of nitrogens with zero attached hydrogens (tertiary/aromatic N) is 6. The Morgan fingerprint density at radius 1 is 1.03 bits per heavy atom. The largest absolute Gasteiger partial charge is 0.335 e. The SMILES string of the molecule is Cc1cc(C)n(Cn2ccc(C(=O)N3CCN(Cc4c(Cl)cccc4Cl)CC3)n2)n1. The van der Waals surface area contributed by atoms with Crippen LogP contribution in [0.2, 0.25) is 10.0 Å². The van der Waals surface area contributed by atoms with Crippen LogP contribution >= 0.6 is 23.2 Å². The van der Waals surface area contributed by atoms with Crippen LogP contribution in [0.15, 0.2) is 36.5 Å². The van der Waals surface area contributed by atoms with Crippen LogP contribution < -0.4 is 0 Å². The summed E-state index contributed by atoms with van der Waals surface area (Å²) in [5.74, 6) is -0.0439. The van der Waals surface area contributed by atoms with E-state index in [1.165, 1.54) is 0 Å². The monoisotopic (exact) mass is 446 g/mol. The highest BCUT2D eigenvalue weighted by atomic mass is 35.5. The maximum Gasteiger partial charge on any atom is 0.274 e. The molecule has 2 aromatic heterocycles. The van der Waals surface area contributed by atoms with Crippen molar-refractivity contribution in [1.82, 2.24) is 29.4 Å². The van der Waals surface area contributed by atoms with Crippen LogP contribution in [0.3, 0.4) is 0 Å². The van der Waals surface area contributed by atoms with Crippen molar-refractivity contribution in [3.05, 3.63) is 69.2 Å². The first-order valence-electron chi connectivity index (χ1n) is 9.90. The molecular formula is C21H24Cl2N6O. The van der Waals surface area contributed by atoms with Crippen molar-refractivity contribution >= 4 is 29.1 Å². The number of halogens is 2. The first kappa shape index (κ1) is 20.9. The molecule has 0 radical (unpaired) electrons. The lowest BCUT2D eigenvalue weighted by Crippen LogP contribution is -2.48. The van der Waals surface area contributed by atoms with Gasteiger partial charge in [0.25, 0.3) is 5.91 Å². The molecule has 1 saturated heterocycles. The van der Waals surface area contributed by atoms with Crippen LogP contribution in [0, 0.1) is 13.8 Å². The van der Waals surface area contributed by atoms with Crippen molar-refractivity contribution in [2.45, 2.75) is 27.1 Å². The van der Waals surface area contributed by atoms with Gasteiger partial charge < -0.3 is 4.90 Å². The van der Waals surface area contributed by atoms with E-state index in [-0.39, 0.29) is 5.91 Å². The second-order valence-corrected chi connectivity index (χ2v) is 8.39. The Labute approximate surface area is 185 Å². The van der Waals surface area contributed by atoms with Gasteiger partial charge in [0.15, 0.2) is 0 Å². The van der Waals surface area contributed by atoms with E-state index in [1.807, 2.05) is 53.9 Å². The van der Waals surface area contributed by atoms with Crippen molar-refractivity contribution in [2.24, 2.45) is 0 Å². The molecule has 4 rings (SSSR count). The highest BCUT2D eigenvalue weighted by Gasteiger charge is 2.24. The fourth-order valence-corrected chi connectivity index (χ4v) is 4.20. The van der Waals surface area contributed by atoms with E-state index in [0.29, 0.717) is 42.0 Å². The maximum absolute atomic E-state index is 12.9. The van der Waals surface area contributed by atoms with Crippen LogP contribution in [0.25, 0.3) is 0 Å². The quantitative estimate of drug-likeness (QED) is 0.601. The maximum atomic E-state index is 12.9. The predicted molar refractivity (Wildman–Crippen MR) is 117 cm³/mol. The smallest absolute Gasteiger partial charge is 0.274 e. The summed E-state index contributed by atoms with van der Waals surface area (Å²) < 4.78 is 3.61. The van der Waals surface area contributed by atoms with Gasteiger partial charge in [-0.2, -0.15) is 10.2 Å². The third-order valence-corrected chi connectivity index (χ3v) is 6.05. The van der Waals surface area contributed by atoms with Crippen LogP contribution in [-0.4, -0.2) is 61.4 Å². The van der Waals surface area contributed by atoms with Gasteiger partial charge in [-0.25, -0.2) is 4.68 Å². The third kappa shape index (κ3) is 4.53. The number of aromatic nitrogens is 4. The summed E-state index contributed by atoms with van der Waals surface area (Å²) in [7, 11) is 0. The lowest BCUT2D eigenvalue weighted by molar-refractivity contribution is 0.0621. The van der Waals surface area contributed by atoms with Gasteiger partial charge in [-0.1, -0.05) is 29.3 Å². The minimum absolute atomic E-state index is 0.0439. The Balaban J connectivity index is 1.34. The molecule has 7 nitrogen and oxygen atoms in total. The lowest BCUT2D eigenvalue weighted by Gasteiger charge is -2.34. The predicted octanol–water partition coefficient (Wildman–Crippen LogP) is 3.47. The van der Waals surface area contributed by atoms with E-state index in [4.69, 9.17) is 23.2 Å². The minimum atomic E-state index is -0.0439. The average Bonchev–Trinajstić information content (AvgIpc) is 3.31. The summed E-state index contributed by atoms with van der Waals surface area (Å²) in [6.07, 6.45) is 1.82. The Hall–Kier alpha value is -2.35. The fourth-order valence-electron chi connectivity index (χ4n) is 3.69. The molecule has 9 heteroatoms. The molecule has 1 amide bonds. The summed E-state index contributed by atoms with van der Waals surface area (Å²) in [5, 5.41) is 10.2. The molecule has 0 atom stereocenters. The molecule has 1 aliphatic heterocycles. The number of aryl methyl sites for hydroxylation is 2. The zero-order valence-electron chi connectivity index (χ0n) is 17.1. The summed E-state index contributed by atoms with van der Waals surface area (Å²) in [6, 6.07) is 9.34. The van der Waals surface area contributed by atoms with Crippen LogP contribution in [0.5, 0.6) is 0 Å². The number of carbonyl (C=O) groups excluding carboxylic acids is 1. The van der Waals surface area contributed by atoms with Crippen molar-refractivity contribution in [2.75, 3.05) is 26.2 Å². The second-order valence-electron chi connectivity index (χ2n) is 7.58.